The average Bonchev–Trinajstić information content (AvgIpc) is 2.96. The molecular weight excluding hydrogens is 370 g/mol. The van der Waals surface area contributed by atoms with Gasteiger partial charge in [0.25, 0.3) is 5.69 Å². The standard InChI is InChI=1S/C13H8BrN5O2S/c14-9-5-7-10(8-6-9)18-13(15-16-17-18)22-12-4-2-1-3-11(12)19(20)21/h1-8H. The summed E-state index contributed by atoms with van der Waals surface area (Å²) in [7, 11) is 0. The molecule has 0 fully saturated rings. The number of para-hydroxylation sites is 1. The number of nitro benzene ring substituents is 1. The lowest BCUT2D eigenvalue weighted by atomic mass is 10.3. The van der Waals surface area contributed by atoms with E-state index < -0.39 is 4.92 Å². The third kappa shape index (κ3) is 3.00. The van der Waals surface area contributed by atoms with E-state index in [1.807, 2.05) is 24.3 Å². The van der Waals surface area contributed by atoms with Crippen molar-refractivity contribution in [1.82, 2.24) is 20.2 Å². The highest BCUT2D eigenvalue weighted by atomic mass is 79.9. The van der Waals surface area contributed by atoms with Crippen LogP contribution in [0.1, 0.15) is 0 Å². The molecule has 0 atom stereocenters. The van der Waals surface area contributed by atoms with E-state index in [0.717, 1.165) is 21.9 Å². The number of nitro groups is 1. The largest absolute Gasteiger partial charge is 0.283 e. The fourth-order valence-electron chi connectivity index (χ4n) is 1.78. The van der Waals surface area contributed by atoms with Gasteiger partial charge in [-0.15, -0.1) is 5.10 Å². The van der Waals surface area contributed by atoms with Crippen LogP contribution in [0.15, 0.2) is 63.1 Å². The predicted octanol–water partition coefficient (Wildman–Crippen LogP) is 3.48. The quantitative estimate of drug-likeness (QED) is 0.510. The number of tetrazole rings is 1. The zero-order valence-electron chi connectivity index (χ0n) is 11.0. The minimum atomic E-state index is -0.421. The smallest absolute Gasteiger partial charge is 0.258 e. The maximum atomic E-state index is 11.1. The van der Waals surface area contributed by atoms with Gasteiger partial charge in [0, 0.05) is 10.5 Å². The minimum Gasteiger partial charge on any atom is -0.258 e. The molecular formula is C13H8BrN5O2S. The lowest BCUT2D eigenvalue weighted by Crippen LogP contribution is -1.99. The van der Waals surface area contributed by atoms with Gasteiger partial charge in [0.15, 0.2) is 0 Å². The lowest BCUT2D eigenvalue weighted by molar-refractivity contribution is -0.387. The van der Waals surface area contributed by atoms with Crippen molar-refractivity contribution in [3.8, 4) is 5.69 Å². The Bertz CT molecular complexity index is 821. The Balaban J connectivity index is 1.97. The molecule has 7 nitrogen and oxygen atoms in total. The van der Waals surface area contributed by atoms with E-state index in [2.05, 4.69) is 31.5 Å². The van der Waals surface area contributed by atoms with Crippen molar-refractivity contribution in [3.63, 3.8) is 0 Å². The van der Waals surface area contributed by atoms with Gasteiger partial charge in [-0.3, -0.25) is 10.1 Å². The summed E-state index contributed by atoms with van der Waals surface area (Å²) >= 11 is 4.51. The molecule has 0 bridgehead atoms. The Morgan fingerprint density at radius 2 is 1.86 bits per heavy atom. The molecule has 1 aromatic heterocycles. The minimum absolute atomic E-state index is 0.0258. The van der Waals surface area contributed by atoms with E-state index in [1.165, 1.54) is 10.7 Å². The lowest BCUT2D eigenvalue weighted by Gasteiger charge is -2.04. The van der Waals surface area contributed by atoms with Crippen LogP contribution in [-0.4, -0.2) is 25.1 Å². The van der Waals surface area contributed by atoms with Crippen LogP contribution in [0.25, 0.3) is 5.69 Å². The second kappa shape index (κ2) is 6.24. The molecule has 0 aliphatic carbocycles. The van der Waals surface area contributed by atoms with Crippen molar-refractivity contribution < 1.29 is 4.92 Å². The predicted molar refractivity (Wildman–Crippen MR) is 84.1 cm³/mol. The number of hydrogen-bond acceptors (Lipinski definition) is 6. The highest BCUT2D eigenvalue weighted by Gasteiger charge is 2.17. The summed E-state index contributed by atoms with van der Waals surface area (Å²) in [6.07, 6.45) is 0. The summed E-state index contributed by atoms with van der Waals surface area (Å²) in [6.45, 7) is 0. The summed E-state index contributed by atoms with van der Waals surface area (Å²) in [5, 5.41) is 23.1. The number of nitrogens with zero attached hydrogens (tertiary/aromatic N) is 5. The van der Waals surface area contributed by atoms with Gasteiger partial charge in [0.1, 0.15) is 0 Å². The molecule has 0 saturated heterocycles. The molecule has 0 unspecified atom stereocenters. The van der Waals surface area contributed by atoms with E-state index in [4.69, 9.17) is 0 Å². The summed E-state index contributed by atoms with van der Waals surface area (Å²) in [5.74, 6) is 0. The molecule has 0 aliphatic rings. The number of hydrogen-bond donors (Lipinski definition) is 0. The molecule has 0 N–H and O–H groups in total. The molecule has 1 heterocycles. The number of rotatable bonds is 4. The summed E-state index contributed by atoms with van der Waals surface area (Å²) in [6, 6.07) is 13.9. The molecule has 0 spiro atoms. The van der Waals surface area contributed by atoms with Crippen LogP contribution in [0.4, 0.5) is 5.69 Å². The second-order valence-electron chi connectivity index (χ2n) is 4.18. The van der Waals surface area contributed by atoms with Crippen molar-refractivity contribution in [2.45, 2.75) is 10.1 Å². The first kappa shape index (κ1) is 14.7. The molecule has 9 heteroatoms. The van der Waals surface area contributed by atoms with Crippen LogP contribution in [-0.2, 0) is 0 Å². The van der Waals surface area contributed by atoms with Gasteiger partial charge in [-0.05, 0) is 52.5 Å². The fraction of sp³-hybridized carbons (Fsp3) is 0. The highest BCUT2D eigenvalue weighted by molar-refractivity contribution is 9.10. The van der Waals surface area contributed by atoms with E-state index in [0.29, 0.717) is 10.1 Å². The SMILES string of the molecule is O=[N+]([O-])c1ccccc1Sc1nnnn1-c1ccc(Br)cc1. The molecule has 110 valence electrons. The number of aromatic nitrogens is 4. The zero-order chi connectivity index (χ0) is 15.5. The summed E-state index contributed by atoms with van der Waals surface area (Å²) < 4.78 is 2.48. The van der Waals surface area contributed by atoms with Crippen LogP contribution >= 0.6 is 27.7 Å². The molecule has 2 aromatic carbocycles. The van der Waals surface area contributed by atoms with Crippen molar-refractivity contribution in [1.29, 1.82) is 0 Å². The van der Waals surface area contributed by atoms with Gasteiger partial charge < -0.3 is 0 Å². The van der Waals surface area contributed by atoms with E-state index >= 15 is 0 Å². The van der Waals surface area contributed by atoms with Gasteiger partial charge in [-0.2, -0.15) is 4.68 Å². The normalized spacial score (nSPS) is 10.6. The topological polar surface area (TPSA) is 86.7 Å². The molecule has 0 aliphatic heterocycles. The van der Waals surface area contributed by atoms with Crippen LogP contribution < -0.4 is 0 Å². The molecule has 0 amide bonds. The third-order valence-electron chi connectivity index (χ3n) is 2.78. The van der Waals surface area contributed by atoms with Crippen molar-refractivity contribution in [2.75, 3.05) is 0 Å². The highest BCUT2D eigenvalue weighted by Crippen LogP contribution is 2.33. The zero-order valence-corrected chi connectivity index (χ0v) is 13.4. The Morgan fingerprint density at radius 1 is 1.14 bits per heavy atom. The molecule has 0 saturated carbocycles. The van der Waals surface area contributed by atoms with Gasteiger partial charge >= 0.3 is 0 Å². The van der Waals surface area contributed by atoms with E-state index in [1.54, 1.807) is 18.2 Å². The summed E-state index contributed by atoms with van der Waals surface area (Å²) in [5.41, 5.74) is 0.798. The number of halogens is 1. The third-order valence-corrected chi connectivity index (χ3v) is 4.31. The van der Waals surface area contributed by atoms with Gasteiger partial charge in [0.2, 0.25) is 5.16 Å². The van der Waals surface area contributed by atoms with Crippen molar-refractivity contribution in [2.24, 2.45) is 0 Å². The Labute approximate surface area is 137 Å². The van der Waals surface area contributed by atoms with Crippen LogP contribution in [0.2, 0.25) is 0 Å². The van der Waals surface area contributed by atoms with Gasteiger partial charge in [-0.25, -0.2) is 0 Å². The Morgan fingerprint density at radius 3 is 2.59 bits per heavy atom. The van der Waals surface area contributed by atoms with E-state index in [9.17, 15) is 10.1 Å². The van der Waals surface area contributed by atoms with Crippen molar-refractivity contribution >= 4 is 33.4 Å². The van der Waals surface area contributed by atoms with Crippen molar-refractivity contribution in [3.05, 3.63) is 63.1 Å². The average molecular weight is 378 g/mol. The van der Waals surface area contributed by atoms with Gasteiger partial charge in [-0.1, -0.05) is 28.1 Å². The summed E-state index contributed by atoms with van der Waals surface area (Å²) in [4.78, 5) is 11.1. The molecule has 0 radical (unpaired) electrons. The second-order valence-corrected chi connectivity index (χ2v) is 6.10. The fourth-order valence-corrected chi connectivity index (χ4v) is 2.94. The monoisotopic (exact) mass is 377 g/mol. The van der Waals surface area contributed by atoms with Crippen LogP contribution in [0, 0.1) is 10.1 Å². The molecule has 3 aromatic rings. The number of benzene rings is 2. The first-order valence-corrected chi connectivity index (χ1v) is 7.72. The first-order chi connectivity index (χ1) is 10.6. The Kier molecular flexibility index (Phi) is 4.16. The van der Waals surface area contributed by atoms with Crippen LogP contribution in [0.5, 0.6) is 0 Å². The first-order valence-electron chi connectivity index (χ1n) is 6.11. The van der Waals surface area contributed by atoms with Gasteiger partial charge in [0.05, 0.1) is 15.5 Å². The maximum Gasteiger partial charge on any atom is 0.283 e. The Hall–Kier alpha value is -2.26. The molecule has 3 rings (SSSR count). The van der Waals surface area contributed by atoms with E-state index in [-0.39, 0.29) is 5.69 Å². The molecule has 22 heavy (non-hydrogen) atoms. The van der Waals surface area contributed by atoms with Crippen LogP contribution in [0.3, 0.4) is 0 Å². The maximum absolute atomic E-state index is 11.1.